The van der Waals surface area contributed by atoms with Crippen molar-refractivity contribution in [1.82, 2.24) is 0 Å². The third-order valence-electron chi connectivity index (χ3n) is 2.10. The standard InChI is InChI=1S/C11H7Br4NO2S3/c1-2-21(17,18)8(5-16)9(10(19)6(14)3-12)11(20)7(15)4-13/h3-4H,2H2,1H3. The molecule has 0 heterocycles. The van der Waals surface area contributed by atoms with Crippen molar-refractivity contribution in [3.8, 4) is 6.07 Å². The monoisotopic (exact) mass is 597 g/mol. The summed E-state index contributed by atoms with van der Waals surface area (Å²) in [6, 6.07) is 1.70. The van der Waals surface area contributed by atoms with Crippen LogP contribution in [0.25, 0.3) is 0 Å². The Morgan fingerprint density at radius 2 is 1.52 bits per heavy atom. The highest BCUT2D eigenvalue weighted by atomic mass is 79.9. The van der Waals surface area contributed by atoms with Crippen LogP contribution >= 0.6 is 88.2 Å². The van der Waals surface area contributed by atoms with E-state index in [9.17, 15) is 13.7 Å². The third-order valence-corrected chi connectivity index (χ3v) is 8.54. The van der Waals surface area contributed by atoms with Gasteiger partial charge in [0.05, 0.1) is 15.5 Å². The summed E-state index contributed by atoms with van der Waals surface area (Å²) in [5.41, 5.74) is 0.00880. The third kappa shape index (κ3) is 5.71. The molecule has 21 heavy (non-hydrogen) atoms. The van der Waals surface area contributed by atoms with Crippen LogP contribution in [0.4, 0.5) is 0 Å². The molecule has 0 saturated heterocycles. The minimum atomic E-state index is -3.77. The van der Waals surface area contributed by atoms with Crippen LogP contribution in [-0.4, -0.2) is 23.9 Å². The van der Waals surface area contributed by atoms with E-state index in [2.05, 4.69) is 63.7 Å². The van der Waals surface area contributed by atoms with Crippen LogP contribution in [0, 0.1) is 11.3 Å². The first-order valence-electron chi connectivity index (χ1n) is 5.06. The zero-order chi connectivity index (χ0) is 16.8. The van der Waals surface area contributed by atoms with Gasteiger partial charge in [-0.15, -0.1) is 0 Å². The predicted octanol–water partition coefficient (Wildman–Crippen LogP) is 5.20. The lowest BCUT2D eigenvalue weighted by Gasteiger charge is -2.12. The Labute approximate surface area is 168 Å². The minimum absolute atomic E-state index is 0.00880. The van der Waals surface area contributed by atoms with Gasteiger partial charge in [-0.1, -0.05) is 63.2 Å². The smallest absolute Gasteiger partial charge is 0.188 e. The van der Waals surface area contributed by atoms with Crippen molar-refractivity contribution in [1.29, 1.82) is 5.26 Å². The number of rotatable bonds is 6. The van der Waals surface area contributed by atoms with E-state index < -0.39 is 14.7 Å². The summed E-state index contributed by atoms with van der Waals surface area (Å²) in [4.78, 5) is 2.74. The first-order valence-corrected chi connectivity index (χ1v) is 10.9. The van der Waals surface area contributed by atoms with Gasteiger partial charge in [0.2, 0.25) is 0 Å². The molecule has 0 aliphatic rings. The van der Waals surface area contributed by atoms with E-state index in [0.717, 1.165) is 0 Å². The maximum Gasteiger partial charge on any atom is 0.188 e. The lowest BCUT2D eigenvalue weighted by Crippen LogP contribution is -2.18. The molecule has 0 N–H and O–H groups in total. The number of nitriles is 1. The molecule has 0 aromatic carbocycles. The number of hydrogen-bond donors (Lipinski definition) is 0. The van der Waals surface area contributed by atoms with Crippen LogP contribution in [0.1, 0.15) is 6.92 Å². The zero-order valence-corrected chi connectivity index (χ0v) is 19.2. The van der Waals surface area contributed by atoms with E-state index in [4.69, 9.17) is 24.4 Å². The Hall–Kier alpha value is 0.760. The van der Waals surface area contributed by atoms with Gasteiger partial charge in [-0.05, 0) is 41.8 Å². The van der Waals surface area contributed by atoms with E-state index in [0.29, 0.717) is 8.96 Å². The Morgan fingerprint density at radius 1 is 1.14 bits per heavy atom. The van der Waals surface area contributed by atoms with E-state index in [1.807, 2.05) is 0 Å². The van der Waals surface area contributed by atoms with Gasteiger partial charge in [-0.25, -0.2) is 8.42 Å². The highest BCUT2D eigenvalue weighted by molar-refractivity contribution is 9.14. The van der Waals surface area contributed by atoms with Crippen LogP contribution < -0.4 is 0 Å². The number of thiocarbonyl (C=S) groups is 2. The Morgan fingerprint density at radius 3 is 1.76 bits per heavy atom. The second-order valence-electron chi connectivity index (χ2n) is 3.29. The topological polar surface area (TPSA) is 57.9 Å². The quantitative estimate of drug-likeness (QED) is 0.238. The van der Waals surface area contributed by atoms with Crippen molar-refractivity contribution in [3.63, 3.8) is 0 Å². The molecular formula is C11H7Br4NO2S3. The highest BCUT2D eigenvalue weighted by Crippen LogP contribution is 2.28. The number of hydrogen-bond acceptors (Lipinski definition) is 5. The van der Waals surface area contributed by atoms with Crippen LogP contribution in [-0.2, 0) is 9.84 Å². The average molecular weight is 601 g/mol. The molecule has 0 unspecified atom stereocenters. The molecule has 0 radical (unpaired) electrons. The van der Waals surface area contributed by atoms with E-state index >= 15 is 0 Å². The molecule has 0 bridgehead atoms. The summed E-state index contributed by atoms with van der Waals surface area (Å²) in [6.07, 6.45) is 0. The largest absolute Gasteiger partial charge is 0.223 e. The summed E-state index contributed by atoms with van der Waals surface area (Å²) in [6.45, 7) is 1.45. The van der Waals surface area contributed by atoms with Crippen LogP contribution in [0.15, 0.2) is 29.4 Å². The van der Waals surface area contributed by atoms with Gasteiger partial charge in [0.25, 0.3) is 0 Å². The van der Waals surface area contributed by atoms with Gasteiger partial charge in [0.15, 0.2) is 14.7 Å². The van der Waals surface area contributed by atoms with Crippen LogP contribution in [0.2, 0.25) is 0 Å². The number of nitrogens with zero attached hydrogens (tertiary/aromatic N) is 1. The fourth-order valence-electron chi connectivity index (χ4n) is 1.07. The van der Waals surface area contributed by atoms with Gasteiger partial charge >= 0.3 is 0 Å². The van der Waals surface area contributed by atoms with Crippen molar-refractivity contribution in [2.75, 3.05) is 5.75 Å². The van der Waals surface area contributed by atoms with Crippen molar-refractivity contribution in [2.24, 2.45) is 0 Å². The molecule has 0 spiro atoms. The lowest BCUT2D eigenvalue weighted by molar-refractivity contribution is 0.604. The first kappa shape index (κ1) is 21.8. The summed E-state index contributed by atoms with van der Waals surface area (Å²) in [7, 11) is -3.77. The molecule has 114 valence electrons. The number of halogens is 4. The molecule has 0 aromatic heterocycles. The summed E-state index contributed by atoms with van der Waals surface area (Å²) >= 11 is 23.0. The van der Waals surface area contributed by atoms with Crippen LogP contribution in [0.5, 0.6) is 0 Å². The van der Waals surface area contributed by atoms with Gasteiger partial charge in [0.1, 0.15) is 6.07 Å². The summed E-state index contributed by atoms with van der Waals surface area (Å²) in [5.74, 6) is -0.226. The lowest BCUT2D eigenvalue weighted by atomic mass is 10.1. The molecule has 0 fully saturated rings. The molecule has 0 rings (SSSR count). The molecule has 0 amide bonds. The molecular weight excluding hydrogens is 594 g/mol. The predicted molar refractivity (Wildman–Crippen MR) is 109 cm³/mol. The van der Waals surface area contributed by atoms with E-state index in [-0.39, 0.29) is 21.1 Å². The second kappa shape index (κ2) is 9.80. The average Bonchev–Trinajstić information content (AvgIpc) is 2.48. The van der Waals surface area contributed by atoms with E-state index in [1.165, 1.54) is 16.9 Å². The van der Waals surface area contributed by atoms with Crippen molar-refractivity contribution < 1.29 is 8.42 Å². The van der Waals surface area contributed by atoms with Gasteiger partial charge in [-0.3, -0.25) is 0 Å². The number of sulfone groups is 1. The Balaban J connectivity index is 6.66. The maximum atomic E-state index is 12.1. The highest BCUT2D eigenvalue weighted by Gasteiger charge is 2.27. The van der Waals surface area contributed by atoms with Crippen molar-refractivity contribution in [3.05, 3.63) is 29.4 Å². The van der Waals surface area contributed by atoms with Gasteiger partial charge < -0.3 is 0 Å². The molecule has 0 saturated carbocycles. The second-order valence-corrected chi connectivity index (χ2v) is 8.95. The molecule has 3 nitrogen and oxygen atoms in total. The molecule has 0 aliphatic carbocycles. The normalized spacial score (nSPS) is 12.6. The fraction of sp³-hybridized carbons (Fsp3) is 0.182. The SMILES string of the molecule is CCS(=O)(=O)C(C#N)=C(C(=S)C(Br)=CBr)C(=S)C(Br)=CBr. The van der Waals surface area contributed by atoms with Gasteiger partial charge in [-0.2, -0.15) is 5.26 Å². The molecule has 0 aliphatic heterocycles. The zero-order valence-electron chi connectivity index (χ0n) is 10.4. The summed E-state index contributed by atoms with van der Waals surface area (Å²) < 4.78 is 25.0. The van der Waals surface area contributed by atoms with Crippen molar-refractivity contribution in [2.45, 2.75) is 6.92 Å². The van der Waals surface area contributed by atoms with Gasteiger partial charge in [0, 0.05) is 14.5 Å². The molecule has 0 aromatic rings. The summed E-state index contributed by atoms with van der Waals surface area (Å²) in [5, 5.41) is 9.27. The maximum absolute atomic E-state index is 12.1. The molecule has 10 heteroatoms. The van der Waals surface area contributed by atoms with E-state index in [1.54, 1.807) is 6.07 Å². The Bertz CT molecular complexity index is 667. The number of allylic oxidation sites excluding steroid dienone is 4. The fourth-order valence-corrected chi connectivity index (χ4v) is 3.89. The van der Waals surface area contributed by atoms with Crippen molar-refractivity contribution >= 4 is 108 Å². The van der Waals surface area contributed by atoms with Crippen LogP contribution in [0.3, 0.4) is 0 Å². The first-order chi connectivity index (χ1) is 9.67. The Kier molecular flexibility index (Phi) is 10.2. The molecule has 0 atom stereocenters. The minimum Gasteiger partial charge on any atom is -0.223 e.